The number of rotatable bonds is 6. The smallest absolute Gasteiger partial charge is 0.222 e. The fourth-order valence-electron chi connectivity index (χ4n) is 2.86. The molecular formula is C19H32IN5O2. The zero-order valence-electron chi connectivity index (χ0n) is 16.4. The number of anilines is 1. The molecule has 1 aliphatic rings. The van der Waals surface area contributed by atoms with Crippen molar-refractivity contribution in [3.05, 3.63) is 24.3 Å². The Morgan fingerprint density at radius 1 is 1.19 bits per heavy atom. The van der Waals surface area contributed by atoms with E-state index in [1.165, 1.54) is 0 Å². The van der Waals surface area contributed by atoms with Crippen LogP contribution in [0.15, 0.2) is 29.3 Å². The maximum atomic E-state index is 11.6. The summed E-state index contributed by atoms with van der Waals surface area (Å²) in [6, 6.07) is 7.45. The number of aliphatic imine (C=N–C) groups is 1. The zero-order valence-corrected chi connectivity index (χ0v) is 18.8. The third-order valence-corrected chi connectivity index (χ3v) is 4.33. The van der Waals surface area contributed by atoms with Crippen LogP contribution in [0.5, 0.6) is 5.75 Å². The summed E-state index contributed by atoms with van der Waals surface area (Å²) in [6.45, 7) is 11.0. The van der Waals surface area contributed by atoms with Crippen molar-refractivity contribution in [2.45, 2.75) is 20.8 Å². The van der Waals surface area contributed by atoms with Gasteiger partial charge in [-0.15, -0.1) is 24.0 Å². The minimum Gasteiger partial charge on any atom is -0.506 e. The van der Waals surface area contributed by atoms with E-state index >= 15 is 0 Å². The summed E-state index contributed by atoms with van der Waals surface area (Å²) >= 11 is 0. The van der Waals surface area contributed by atoms with Crippen LogP contribution in [0.25, 0.3) is 0 Å². The first kappa shape index (κ1) is 23.3. The molecule has 1 saturated heterocycles. The van der Waals surface area contributed by atoms with Gasteiger partial charge in [0, 0.05) is 45.2 Å². The van der Waals surface area contributed by atoms with Crippen LogP contribution in [0.2, 0.25) is 0 Å². The van der Waals surface area contributed by atoms with E-state index in [0.717, 1.165) is 44.4 Å². The Hall–Kier alpha value is -1.71. The normalized spacial score (nSPS) is 14.7. The van der Waals surface area contributed by atoms with Crippen LogP contribution in [0.1, 0.15) is 20.8 Å². The first-order chi connectivity index (χ1) is 12.5. The van der Waals surface area contributed by atoms with E-state index in [2.05, 4.69) is 25.4 Å². The number of para-hydroxylation sites is 2. The number of phenolic OH excluding ortho intramolecular Hbond substituents is 1. The highest BCUT2D eigenvalue weighted by Gasteiger charge is 2.21. The number of hydrogen-bond acceptors (Lipinski definition) is 4. The van der Waals surface area contributed by atoms with Gasteiger partial charge in [0.2, 0.25) is 5.91 Å². The number of carbonyl (C=O) groups is 1. The molecule has 1 heterocycles. The quantitative estimate of drug-likeness (QED) is 0.246. The highest BCUT2D eigenvalue weighted by Crippen LogP contribution is 2.27. The van der Waals surface area contributed by atoms with E-state index in [9.17, 15) is 9.90 Å². The van der Waals surface area contributed by atoms with Crippen molar-refractivity contribution in [2.24, 2.45) is 10.9 Å². The molecule has 1 aromatic rings. The first-order valence-corrected chi connectivity index (χ1v) is 9.36. The number of halogens is 1. The highest BCUT2D eigenvalue weighted by molar-refractivity contribution is 14.0. The third-order valence-electron chi connectivity index (χ3n) is 4.33. The van der Waals surface area contributed by atoms with Crippen molar-refractivity contribution in [1.82, 2.24) is 15.5 Å². The molecule has 1 aromatic carbocycles. The second-order valence-corrected chi connectivity index (χ2v) is 6.64. The van der Waals surface area contributed by atoms with Gasteiger partial charge < -0.3 is 25.5 Å². The molecule has 0 radical (unpaired) electrons. The van der Waals surface area contributed by atoms with Crippen molar-refractivity contribution < 1.29 is 9.90 Å². The summed E-state index contributed by atoms with van der Waals surface area (Å²) in [5.41, 5.74) is 0.880. The minimum absolute atomic E-state index is 0. The first-order valence-electron chi connectivity index (χ1n) is 9.36. The van der Waals surface area contributed by atoms with E-state index in [1.54, 1.807) is 6.07 Å². The lowest BCUT2D eigenvalue weighted by molar-refractivity contribution is -0.123. The number of nitrogens with zero attached hydrogens (tertiary/aromatic N) is 3. The highest BCUT2D eigenvalue weighted by atomic mass is 127. The molecule has 0 spiro atoms. The van der Waals surface area contributed by atoms with Gasteiger partial charge in [0.25, 0.3) is 0 Å². The Balaban J connectivity index is 0.00000364. The summed E-state index contributed by atoms with van der Waals surface area (Å²) in [4.78, 5) is 20.7. The van der Waals surface area contributed by atoms with Crippen LogP contribution in [-0.4, -0.2) is 67.7 Å². The van der Waals surface area contributed by atoms with Gasteiger partial charge in [-0.25, -0.2) is 0 Å². The molecule has 1 fully saturated rings. The predicted molar refractivity (Wildman–Crippen MR) is 121 cm³/mol. The van der Waals surface area contributed by atoms with Gasteiger partial charge in [-0.3, -0.25) is 9.79 Å². The van der Waals surface area contributed by atoms with E-state index in [4.69, 9.17) is 0 Å². The monoisotopic (exact) mass is 489 g/mol. The average Bonchev–Trinajstić information content (AvgIpc) is 2.64. The second-order valence-electron chi connectivity index (χ2n) is 6.64. The molecule has 27 heavy (non-hydrogen) atoms. The van der Waals surface area contributed by atoms with Gasteiger partial charge in [0.05, 0.1) is 12.2 Å². The second kappa shape index (κ2) is 11.9. The molecule has 0 aliphatic carbocycles. The van der Waals surface area contributed by atoms with E-state index in [1.807, 2.05) is 39.0 Å². The summed E-state index contributed by atoms with van der Waals surface area (Å²) < 4.78 is 0. The summed E-state index contributed by atoms with van der Waals surface area (Å²) in [5, 5.41) is 16.2. The molecule has 0 aromatic heterocycles. The molecule has 152 valence electrons. The lowest BCUT2D eigenvalue weighted by Gasteiger charge is -2.37. The van der Waals surface area contributed by atoms with Crippen molar-refractivity contribution in [3.8, 4) is 5.75 Å². The van der Waals surface area contributed by atoms with Gasteiger partial charge in [-0.05, 0) is 19.1 Å². The van der Waals surface area contributed by atoms with Gasteiger partial charge in [0.1, 0.15) is 5.75 Å². The number of hydrogen-bond donors (Lipinski definition) is 3. The van der Waals surface area contributed by atoms with Crippen molar-refractivity contribution in [1.29, 1.82) is 0 Å². The molecule has 7 nitrogen and oxygen atoms in total. The van der Waals surface area contributed by atoms with Crippen LogP contribution >= 0.6 is 24.0 Å². The fourth-order valence-corrected chi connectivity index (χ4v) is 2.86. The third kappa shape index (κ3) is 7.08. The number of phenols is 1. The van der Waals surface area contributed by atoms with Crippen molar-refractivity contribution >= 4 is 41.5 Å². The SMILES string of the molecule is CCNC(=NCCNC(=O)C(C)C)N1CCN(c2ccccc2O)CC1.I. The Bertz CT molecular complexity index is 616. The van der Waals surface area contributed by atoms with Gasteiger partial charge >= 0.3 is 0 Å². The molecule has 8 heteroatoms. The van der Waals surface area contributed by atoms with Crippen molar-refractivity contribution in [3.63, 3.8) is 0 Å². The minimum atomic E-state index is -0.00491. The van der Waals surface area contributed by atoms with Crippen LogP contribution in [0.4, 0.5) is 5.69 Å². The molecular weight excluding hydrogens is 457 g/mol. The van der Waals surface area contributed by atoms with Gasteiger partial charge in [-0.2, -0.15) is 0 Å². The predicted octanol–water partition coefficient (Wildman–Crippen LogP) is 1.87. The number of guanidine groups is 1. The maximum Gasteiger partial charge on any atom is 0.222 e. The lowest BCUT2D eigenvalue weighted by atomic mass is 10.2. The Labute approximate surface area is 179 Å². The number of nitrogens with one attached hydrogen (secondary N) is 2. The van der Waals surface area contributed by atoms with Crippen molar-refractivity contribution in [2.75, 3.05) is 50.7 Å². The standard InChI is InChI=1S/C19H31N5O2.HI/c1-4-20-19(22-10-9-21-18(26)15(2)3)24-13-11-23(12-14-24)16-7-5-6-8-17(16)25;/h5-8,15,25H,4,9-14H2,1-3H3,(H,20,22)(H,21,26);1H. The van der Waals surface area contributed by atoms with Crippen LogP contribution in [-0.2, 0) is 4.79 Å². The number of aromatic hydroxyl groups is 1. The van der Waals surface area contributed by atoms with E-state index in [0.29, 0.717) is 18.8 Å². The summed E-state index contributed by atoms with van der Waals surface area (Å²) in [7, 11) is 0. The Morgan fingerprint density at radius 2 is 1.85 bits per heavy atom. The molecule has 1 amide bonds. The Morgan fingerprint density at radius 3 is 2.44 bits per heavy atom. The average molecular weight is 489 g/mol. The largest absolute Gasteiger partial charge is 0.506 e. The molecule has 2 rings (SSSR count). The molecule has 1 aliphatic heterocycles. The molecule has 0 unspecified atom stereocenters. The lowest BCUT2D eigenvalue weighted by Crippen LogP contribution is -2.52. The number of benzene rings is 1. The fraction of sp³-hybridized carbons (Fsp3) is 0.579. The number of piperazine rings is 1. The van der Waals surface area contributed by atoms with Crippen LogP contribution < -0.4 is 15.5 Å². The van der Waals surface area contributed by atoms with Gasteiger partial charge in [-0.1, -0.05) is 26.0 Å². The topological polar surface area (TPSA) is 80.2 Å². The number of amides is 1. The molecule has 0 saturated carbocycles. The van der Waals surface area contributed by atoms with Crippen LogP contribution in [0, 0.1) is 5.92 Å². The molecule has 0 bridgehead atoms. The Kier molecular flexibility index (Phi) is 10.3. The maximum absolute atomic E-state index is 11.6. The van der Waals surface area contributed by atoms with Crippen LogP contribution in [0.3, 0.4) is 0 Å². The zero-order chi connectivity index (χ0) is 18.9. The summed E-state index contributed by atoms with van der Waals surface area (Å²) in [5.74, 6) is 1.25. The van der Waals surface area contributed by atoms with Gasteiger partial charge in [0.15, 0.2) is 5.96 Å². The molecule has 3 N–H and O–H groups in total. The van der Waals surface area contributed by atoms with E-state index < -0.39 is 0 Å². The molecule has 0 atom stereocenters. The van der Waals surface area contributed by atoms with E-state index in [-0.39, 0.29) is 35.8 Å². The number of carbonyl (C=O) groups excluding carboxylic acids is 1. The summed E-state index contributed by atoms with van der Waals surface area (Å²) in [6.07, 6.45) is 0.